The average Bonchev–Trinajstić information content (AvgIpc) is 2.93. The van der Waals surface area contributed by atoms with E-state index >= 15 is 0 Å². The number of carbonyl (C=O) groups is 2. The van der Waals surface area contributed by atoms with Crippen molar-refractivity contribution in [1.29, 1.82) is 0 Å². The minimum absolute atomic E-state index is 0.00697. The molecule has 0 fully saturated rings. The number of hydrogen-bond donors (Lipinski definition) is 1. The van der Waals surface area contributed by atoms with Gasteiger partial charge in [0.1, 0.15) is 0 Å². The number of nitrogens with zero attached hydrogens (tertiary/aromatic N) is 1. The van der Waals surface area contributed by atoms with Crippen LogP contribution in [-0.4, -0.2) is 18.4 Å². The molecule has 136 valence electrons. The van der Waals surface area contributed by atoms with Crippen molar-refractivity contribution in [3.05, 3.63) is 70.7 Å². The van der Waals surface area contributed by atoms with E-state index in [-0.39, 0.29) is 11.8 Å². The van der Waals surface area contributed by atoms with Crippen LogP contribution < -0.4 is 10.2 Å². The smallest absolute Gasteiger partial charge is 0.258 e. The maximum absolute atomic E-state index is 12.7. The highest BCUT2D eigenvalue weighted by molar-refractivity contribution is 6.31. The van der Waals surface area contributed by atoms with E-state index in [4.69, 9.17) is 11.6 Å². The zero-order valence-electron chi connectivity index (χ0n) is 15.0. The first-order valence-electron chi connectivity index (χ1n) is 8.94. The molecule has 0 atom stereocenters. The number of anilines is 2. The van der Waals surface area contributed by atoms with Gasteiger partial charge in [-0.3, -0.25) is 9.59 Å². The molecule has 1 aliphatic heterocycles. The van der Waals surface area contributed by atoms with Gasteiger partial charge in [-0.05, 0) is 48.6 Å². The van der Waals surface area contributed by atoms with Crippen LogP contribution in [0.1, 0.15) is 28.8 Å². The Balaban J connectivity index is 1.40. The van der Waals surface area contributed by atoms with Crippen molar-refractivity contribution in [2.45, 2.75) is 19.8 Å². The molecule has 0 spiro atoms. The molecular formula is C22H19ClN2O2. The molecule has 5 heteroatoms. The maximum Gasteiger partial charge on any atom is 0.258 e. The normalized spacial score (nSPS) is 12.7. The Morgan fingerprint density at radius 1 is 1.11 bits per heavy atom. The summed E-state index contributed by atoms with van der Waals surface area (Å²) in [6.07, 6.45) is 0.920. The molecular weight excluding hydrogens is 360 g/mol. The van der Waals surface area contributed by atoms with Gasteiger partial charge in [0.25, 0.3) is 5.91 Å². The lowest BCUT2D eigenvalue weighted by molar-refractivity contribution is -0.116. The van der Waals surface area contributed by atoms with E-state index in [0.29, 0.717) is 30.1 Å². The van der Waals surface area contributed by atoms with Crippen LogP contribution in [0.15, 0.2) is 54.6 Å². The van der Waals surface area contributed by atoms with Crippen molar-refractivity contribution in [3.63, 3.8) is 0 Å². The van der Waals surface area contributed by atoms with Gasteiger partial charge in [0.2, 0.25) is 5.91 Å². The molecule has 0 aromatic heterocycles. The lowest BCUT2D eigenvalue weighted by atomic mass is 10.1. The van der Waals surface area contributed by atoms with Crippen LogP contribution in [0.25, 0.3) is 10.8 Å². The highest BCUT2D eigenvalue weighted by Gasteiger charge is 2.28. The number of hydrogen-bond acceptors (Lipinski definition) is 2. The Hall–Kier alpha value is -2.85. The minimum atomic E-state index is -0.0858. The van der Waals surface area contributed by atoms with E-state index in [1.165, 1.54) is 0 Å². The van der Waals surface area contributed by atoms with Gasteiger partial charge in [0.15, 0.2) is 0 Å². The van der Waals surface area contributed by atoms with Crippen LogP contribution in [0.4, 0.5) is 11.4 Å². The topological polar surface area (TPSA) is 49.4 Å². The number of nitrogens with one attached hydrogen (secondary N) is 1. The van der Waals surface area contributed by atoms with Gasteiger partial charge in [-0.2, -0.15) is 0 Å². The van der Waals surface area contributed by atoms with Crippen molar-refractivity contribution in [2.75, 3.05) is 16.8 Å². The van der Waals surface area contributed by atoms with E-state index in [2.05, 4.69) is 5.32 Å². The molecule has 3 aromatic rings. The fraction of sp³-hybridized carbons (Fsp3) is 0.182. The largest absolute Gasteiger partial charge is 0.326 e. The molecule has 0 radical (unpaired) electrons. The molecule has 4 nitrogen and oxygen atoms in total. The number of halogens is 1. The highest BCUT2D eigenvalue weighted by Crippen LogP contribution is 2.37. The minimum Gasteiger partial charge on any atom is -0.326 e. The molecule has 0 aliphatic carbocycles. The zero-order valence-corrected chi connectivity index (χ0v) is 15.7. The van der Waals surface area contributed by atoms with Crippen LogP contribution in [0.5, 0.6) is 0 Å². The Morgan fingerprint density at radius 2 is 1.89 bits per heavy atom. The SMILES string of the molecule is Cc1ccc(NC(=O)CCCN2C(=O)c3cccc4cccc2c34)cc1Cl. The average molecular weight is 379 g/mol. The molecule has 1 heterocycles. The van der Waals surface area contributed by atoms with Gasteiger partial charge in [0.05, 0.1) is 5.69 Å². The second-order valence-corrected chi connectivity index (χ2v) is 7.16. The van der Waals surface area contributed by atoms with E-state index in [0.717, 1.165) is 27.6 Å². The predicted octanol–water partition coefficient (Wildman–Crippen LogP) is 5.18. The van der Waals surface area contributed by atoms with Gasteiger partial charge in [0, 0.05) is 34.6 Å². The number of carbonyl (C=O) groups excluding carboxylic acids is 2. The second-order valence-electron chi connectivity index (χ2n) is 6.75. The molecule has 27 heavy (non-hydrogen) atoms. The Labute approximate surface area is 162 Å². The summed E-state index contributed by atoms with van der Waals surface area (Å²) in [4.78, 5) is 26.7. The van der Waals surface area contributed by atoms with Crippen molar-refractivity contribution >= 4 is 45.6 Å². The maximum atomic E-state index is 12.7. The van der Waals surface area contributed by atoms with Crippen LogP contribution >= 0.6 is 11.6 Å². The van der Waals surface area contributed by atoms with E-state index < -0.39 is 0 Å². The third-order valence-corrected chi connectivity index (χ3v) is 5.30. The number of aryl methyl sites for hydroxylation is 1. The first-order chi connectivity index (χ1) is 13.0. The molecule has 0 unspecified atom stereocenters. The number of rotatable bonds is 5. The van der Waals surface area contributed by atoms with Crippen molar-refractivity contribution in [3.8, 4) is 0 Å². The molecule has 1 aliphatic rings. The fourth-order valence-corrected chi connectivity index (χ4v) is 3.67. The molecule has 3 aromatic carbocycles. The zero-order chi connectivity index (χ0) is 19.0. The Kier molecular flexibility index (Phi) is 4.58. The van der Waals surface area contributed by atoms with Gasteiger partial charge in [-0.1, -0.05) is 41.9 Å². The molecule has 0 saturated carbocycles. The Morgan fingerprint density at radius 3 is 2.67 bits per heavy atom. The van der Waals surface area contributed by atoms with Gasteiger partial charge >= 0.3 is 0 Å². The quantitative estimate of drug-likeness (QED) is 0.664. The molecule has 0 bridgehead atoms. The van der Waals surface area contributed by atoms with Crippen LogP contribution in [0, 0.1) is 6.92 Å². The molecule has 2 amide bonds. The summed E-state index contributed by atoms with van der Waals surface area (Å²) in [5, 5.41) is 5.55. The van der Waals surface area contributed by atoms with E-state index in [1.54, 1.807) is 11.0 Å². The van der Waals surface area contributed by atoms with Crippen molar-refractivity contribution < 1.29 is 9.59 Å². The predicted molar refractivity (Wildman–Crippen MR) is 110 cm³/mol. The summed E-state index contributed by atoms with van der Waals surface area (Å²) >= 11 is 6.09. The summed E-state index contributed by atoms with van der Waals surface area (Å²) in [6.45, 7) is 2.42. The second kappa shape index (κ2) is 7.05. The summed E-state index contributed by atoms with van der Waals surface area (Å²) < 4.78 is 0. The van der Waals surface area contributed by atoms with Gasteiger partial charge in [-0.15, -0.1) is 0 Å². The standard InChI is InChI=1S/C22H19ClN2O2/c1-14-10-11-16(13-18(14)23)24-20(26)9-4-12-25-19-8-3-6-15-5-2-7-17(21(15)19)22(25)27/h2-3,5-8,10-11,13H,4,9,12H2,1H3,(H,24,26). The molecule has 1 N–H and O–H groups in total. The molecule has 0 saturated heterocycles. The monoisotopic (exact) mass is 378 g/mol. The van der Waals surface area contributed by atoms with E-state index in [9.17, 15) is 9.59 Å². The Bertz CT molecular complexity index is 1060. The summed E-state index contributed by atoms with van der Waals surface area (Å²) in [6, 6.07) is 17.2. The van der Waals surface area contributed by atoms with Crippen molar-refractivity contribution in [2.24, 2.45) is 0 Å². The van der Waals surface area contributed by atoms with E-state index in [1.807, 2.05) is 55.5 Å². The fourth-order valence-electron chi connectivity index (χ4n) is 3.49. The lowest BCUT2D eigenvalue weighted by Crippen LogP contribution is -2.28. The van der Waals surface area contributed by atoms with Crippen LogP contribution in [0.2, 0.25) is 5.02 Å². The summed E-state index contributed by atoms with van der Waals surface area (Å²) in [5.41, 5.74) is 3.32. The third kappa shape index (κ3) is 3.28. The number of benzene rings is 3. The molecule has 4 rings (SSSR count). The van der Waals surface area contributed by atoms with Gasteiger partial charge in [-0.25, -0.2) is 0 Å². The highest BCUT2D eigenvalue weighted by atomic mass is 35.5. The summed E-state index contributed by atoms with van der Waals surface area (Å²) in [5.74, 6) is -0.0789. The lowest BCUT2D eigenvalue weighted by Gasteiger charge is -2.17. The summed E-state index contributed by atoms with van der Waals surface area (Å²) in [7, 11) is 0. The number of amides is 2. The van der Waals surface area contributed by atoms with Gasteiger partial charge < -0.3 is 10.2 Å². The van der Waals surface area contributed by atoms with Crippen LogP contribution in [0.3, 0.4) is 0 Å². The first kappa shape index (κ1) is 17.6. The third-order valence-electron chi connectivity index (χ3n) is 4.89. The first-order valence-corrected chi connectivity index (χ1v) is 9.32. The van der Waals surface area contributed by atoms with Crippen LogP contribution in [-0.2, 0) is 4.79 Å². The van der Waals surface area contributed by atoms with Crippen molar-refractivity contribution in [1.82, 2.24) is 0 Å².